The zero-order chi connectivity index (χ0) is 11.8. The van der Waals surface area contributed by atoms with Gasteiger partial charge in [0.15, 0.2) is 4.96 Å². The van der Waals surface area contributed by atoms with E-state index in [1.165, 1.54) is 15.8 Å². The van der Waals surface area contributed by atoms with Crippen LogP contribution in [-0.2, 0) is 11.2 Å². The Morgan fingerprint density at radius 2 is 2.35 bits per heavy atom. The molecule has 0 fully saturated rings. The van der Waals surface area contributed by atoms with Gasteiger partial charge < -0.3 is 4.79 Å². The lowest BCUT2D eigenvalue weighted by Crippen LogP contribution is -1.93. The van der Waals surface area contributed by atoms with Crippen molar-refractivity contribution in [2.24, 2.45) is 0 Å². The highest BCUT2D eigenvalue weighted by Crippen LogP contribution is 2.26. The molecule has 86 valence electrons. The highest BCUT2D eigenvalue weighted by atomic mass is 32.1. The molecule has 0 amide bonds. The molecule has 2 heterocycles. The Kier molecular flexibility index (Phi) is 2.44. The van der Waals surface area contributed by atoms with Gasteiger partial charge in [0.25, 0.3) is 0 Å². The Morgan fingerprint density at radius 1 is 1.47 bits per heavy atom. The SMILES string of the molecule is CC(=O)CCc1ccc2c(c1)sc1nccn12. The molecule has 0 radical (unpaired) electrons. The Morgan fingerprint density at radius 3 is 3.18 bits per heavy atom. The molecule has 0 bridgehead atoms. The summed E-state index contributed by atoms with van der Waals surface area (Å²) in [4.78, 5) is 16.3. The first-order chi connectivity index (χ1) is 8.24. The number of thiazole rings is 1. The number of nitrogens with zero attached hydrogens (tertiary/aromatic N) is 2. The first-order valence-electron chi connectivity index (χ1n) is 5.58. The predicted octanol–water partition coefficient (Wildman–Crippen LogP) is 3.07. The van der Waals surface area contributed by atoms with Crippen molar-refractivity contribution in [2.75, 3.05) is 0 Å². The van der Waals surface area contributed by atoms with Gasteiger partial charge in [0.2, 0.25) is 0 Å². The lowest BCUT2D eigenvalue weighted by atomic mass is 10.1. The molecule has 1 aromatic carbocycles. The second-order valence-electron chi connectivity index (χ2n) is 4.19. The van der Waals surface area contributed by atoms with E-state index in [2.05, 4.69) is 27.6 Å². The summed E-state index contributed by atoms with van der Waals surface area (Å²) in [6.45, 7) is 1.64. The molecule has 0 aliphatic rings. The zero-order valence-corrected chi connectivity index (χ0v) is 10.3. The van der Waals surface area contributed by atoms with Gasteiger partial charge in [-0.2, -0.15) is 0 Å². The van der Waals surface area contributed by atoms with Gasteiger partial charge in [0, 0.05) is 18.8 Å². The number of imidazole rings is 1. The number of hydrogen-bond donors (Lipinski definition) is 0. The molecule has 17 heavy (non-hydrogen) atoms. The second kappa shape index (κ2) is 3.96. The molecule has 0 saturated heterocycles. The molecule has 0 unspecified atom stereocenters. The highest BCUT2D eigenvalue weighted by Gasteiger charge is 2.06. The molecule has 0 aliphatic carbocycles. The minimum Gasteiger partial charge on any atom is -0.300 e. The van der Waals surface area contributed by atoms with Crippen molar-refractivity contribution in [1.82, 2.24) is 9.38 Å². The Hall–Kier alpha value is -1.68. The second-order valence-corrected chi connectivity index (χ2v) is 5.20. The fraction of sp³-hybridized carbons (Fsp3) is 0.231. The largest absolute Gasteiger partial charge is 0.300 e. The quantitative estimate of drug-likeness (QED) is 0.709. The number of benzene rings is 1. The van der Waals surface area contributed by atoms with Crippen LogP contribution in [0.4, 0.5) is 0 Å². The zero-order valence-electron chi connectivity index (χ0n) is 9.51. The summed E-state index contributed by atoms with van der Waals surface area (Å²) in [6.07, 6.45) is 5.23. The number of aromatic nitrogens is 2. The van der Waals surface area contributed by atoms with Crippen LogP contribution in [-0.4, -0.2) is 15.2 Å². The molecule has 4 heteroatoms. The first-order valence-corrected chi connectivity index (χ1v) is 6.39. The van der Waals surface area contributed by atoms with Crippen molar-refractivity contribution in [2.45, 2.75) is 19.8 Å². The van der Waals surface area contributed by atoms with Crippen LogP contribution in [0.1, 0.15) is 18.9 Å². The van der Waals surface area contributed by atoms with Gasteiger partial charge in [-0.3, -0.25) is 4.40 Å². The fourth-order valence-corrected chi connectivity index (χ4v) is 3.01. The van der Waals surface area contributed by atoms with Crippen molar-refractivity contribution in [3.05, 3.63) is 36.2 Å². The molecule has 3 rings (SSSR count). The summed E-state index contributed by atoms with van der Waals surface area (Å²) in [5.74, 6) is 0.242. The van der Waals surface area contributed by atoms with Gasteiger partial charge in [0.1, 0.15) is 5.78 Å². The molecule has 0 spiro atoms. The van der Waals surface area contributed by atoms with E-state index < -0.39 is 0 Å². The summed E-state index contributed by atoms with van der Waals surface area (Å²) < 4.78 is 3.32. The summed E-state index contributed by atoms with van der Waals surface area (Å²) in [5, 5.41) is 0. The van der Waals surface area contributed by atoms with E-state index in [4.69, 9.17) is 0 Å². The van der Waals surface area contributed by atoms with E-state index in [0.717, 1.165) is 11.4 Å². The summed E-state index contributed by atoms with van der Waals surface area (Å²) in [6, 6.07) is 6.37. The van der Waals surface area contributed by atoms with Gasteiger partial charge in [-0.05, 0) is 31.0 Å². The van der Waals surface area contributed by atoms with E-state index in [-0.39, 0.29) is 5.78 Å². The van der Waals surface area contributed by atoms with Crippen molar-refractivity contribution >= 4 is 32.3 Å². The number of aryl methyl sites for hydroxylation is 1. The lowest BCUT2D eigenvalue weighted by molar-refractivity contribution is -0.116. The third kappa shape index (κ3) is 1.85. The molecular weight excluding hydrogens is 232 g/mol. The maximum Gasteiger partial charge on any atom is 0.194 e. The molecule has 0 saturated carbocycles. The Labute approximate surface area is 103 Å². The average molecular weight is 244 g/mol. The van der Waals surface area contributed by atoms with Crippen LogP contribution in [0.25, 0.3) is 15.2 Å². The topological polar surface area (TPSA) is 34.4 Å². The van der Waals surface area contributed by atoms with E-state index in [1.807, 2.05) is 12.4 Å². The number of ketones is 1. The summed E-state index contributed by atoms with van der Waals surface area (Å²) in [5.41, 5.74) is 2.41. The maximum atomic E-state index is 11.0. The minimum atomic E-state index is 0.242. The van der Waals surface area contributed by atoms with E-state index in [9.17, 15) is 4.79 Å². The smallest absolute Gasteiger partial charge is 0.194 e. The predicted molar refractivity (Wildman–Crippen MR) is 69.6 cm³/mol. The van der Waals surface area contributed by atoms with Gasteiger partial charge in [-0.15, -0.1) is 0 Å². The molecule has 0 atom stereocenters. The Bertz CT molecular complexity index is 696. The van der Waals surface area contributed by atoms with Crippen LogP contribution in [0.2, 0.25) is 0 Å². The average Bonchev–Trinajstić information content (AvgIpc) is 2.85. The number of carbonyl (C=O) groups is 1. The van der Waals surface area contributed by atoms with Crippen molar-refractivity contribution in [1.29, 1.82) is 0 Å². The van der Waals surface area contributed by atoms with Crippen LogP contribution in [0.3, 0.4) is 0 Å². The standard InChI is InChI=1S/C13H12N2OS/c1-9(16)2-3-10-4-5-11-12(8-10)17-13-14-6-7-15(11)13/h4-8H,2-3H2,1H3. The number of Topliss-reactive ketones (excluding diaryl/α,β-unsaturated/α-hetero) is 1. The van der Waals surface area contributed by atoms with Crippen molar-refractivity contribution < 1.29 is 4.79 Å². The van der Waals surface area contributed by atoms with Crippen LogP contribution in [0.15, 0.2) is 30.6 Å². The number of hydrogen-bond acceptors (Lipinski definition) is 3. The monoisotopic (exact) mass is 244 g/mol. The molecule has 0 aliphatic heterocycles. The maximum absolute atomic E-state index is 11.0. The molecular formula is C13H12N2OS. The van der Waals surface area contributed by atoms with Crippen LogP contribution >= 0.6 is 11.3 Å². The first kappa shape index (κ1) is 10.5. The summed E-state index contributed by atoms with van der Waals surface area (Å²) >= 11 is 1.68. The van der Waals surface area contributed by atoms with E-state index >= 15 is 0 Å². The van der Waals surface area contributed by atoms with Crippen molar-refractivity contribution in [3.8, 4) is 0 Å². The molecule has 2 aromatic heterocycles. The molecule has 3 aromatic rings. The van der Waals surface area contributed by atoms with Crippen LogP contribution in [0.5, 0.6) is 0 Å². The molecule has 0 N–H and O–H groups in total. The fourth-order valence-electron chi connectivity index (χ4n) is 1.96. The lowest BCUT2D eigenvalue weighted by Gasteiger charge is -1.99. The summed E-state index contributed by atoms with van der Waals surface area (Å²) in [7, 11) is 0. The van der Waals surface area contributed by atoms with Gasteiger partial charge in [-0.1, -0.05) is 17.4 Å². The van der Waals surface area contributed by atoms with Gasteiger partial charge in [-0.25, -0.2) is 4.98 Å². The number of fused-ring (bicyclic) bond motifs is 3. The Balaban J connectivity index is 2.03. The van der Waals surface area contributed by atoms with E-state index in [0.29, 0.717) is 6.42 Å². The van der Waals surface area contributed by atoms with Crippen LogP contribution in [0, 0.1) is 0 Å². The molecule has 3 nitrogen and oxygen atoms in total. The van der Waals surface area contributed by atoms with Crippen molar-refractivity contribution in [3.63, 3.8) is 0 Å². The third-order valence-electron chi connectivity index (χ3n) is 2.86. The minimum absolute atomic E-state index is 0.242. The highest BCUT2D eigenvalue weighted by molar-refractivity contribution is 7.23. The normalized spacial score (nSPS) is 11.4. The number of rotatable bonds is 3. The van der Waals surface area contributed by atoms with Gasteiger partial charge in [0.05, 0.1) is 10.2 Å². The van der Waals surface area contributed by atoms with Gasteiger partial charge >= 0.3 is 0 Å². The van der Waals surface area contributed by atoms with Crippen LogP contribution < -0.4 is 0 Å². The third-order valence-corrected chi connectivity index (χ3v) is 3.89. The number of carbonyl (C=O) groups excluding carboxylic acids is 1. The van der Waals surface area contributed by atoms with E-state index in [1.54, 1.807) is 18.3 Å².